The molecule has 0 saturated heterocycles. The van der Waals surface area contributed by atoms with E-state index in [1.54, 1.807) is 0 Å². The Morgan fingerprint density at radius 3 is 2.59 bits per heavy atom. The third kappa shape index (κ3) is 2.41. The van der Waals surface area contributed by atoms with E-state index in [1.807, 2.05) is 12.1 Å². The second-order valence-electron chi connectivity index (χ2n) is 6.06. The van der Waals surface area contributed by atoms with Gasteiger partial charge in [0.1, 0.15) is 0 Å². The van der Waals surface area contributed by atoms with Gasteiger partial charge in [0, 0.05) is 25.0 Å². The summed E-state index contributed by atoms with van der Waals surface area (Å²) in [6.45, 7) is 3.75. The smallest absolute Gasteiger partial charge is 0.0991 e. The Bertz CT molecular complexity index is 712. The highest BCUT2D eigenvalue weighted by atomic mass is 15.1. The topological polar surface area (TPSA) is 53.0 Å². The number of benzene rings is 2. The van der Waals surface area contributed by atoms with Crippen molar-refractivity contribution in [1.82, 2.24) is 4.90 Å². The van der Waals surface area contributed by atoms with Crippen LogP contribution in [0.15, 0.2) is 42.5 Å². The summed E-state index contributed by atoms with van der Waals surface area (Å²) in [7, 11) is 2.14. The predicted octanol–water partition coefficient (Wildman–Crippen LogP) is 2.94. The van der Waals surface area contributed by atoms with Crippen molar-refractivity contribution in [2.75, 3.05) is 20.1 Å². The summed E-state index contributed by atoms with van der Waals surface area (Å²) in [5.41, 5.74) is 12.0. The number of aryl methyl sites for hydroxylation is 1. The van der Waals surface area contributed by atoms with Gasteiger partial charge in [-0.15, -0.1) is 0 Å². The highest BCUT2D eigenvalue weighted by Gasteiger charge is 2.31. The molecule has 0 fully saturated rings. The van der Waals surface area contributed by atoms with Crippen molar-refractivity contribution >= 4 is 0 Å². The monoisotopic (exact) mass is 291 g/mol. The lowest BCUT2D eigenvalue weighted by Crippen LogP contribution is -2.39. The Morgan fingerprint density at radius 1 is 1.23 bits per heavy atom. The highest BCUT2D eigenvalue weighted by Crippen LogP contribution is 2.39. The lowest BCUT2D eigenvalue weighted by molar-refractivity contribution is 0.223. The molecule has 2 N–H and O–H groups in total. The van der Waals surface area contributed by atoms with E-state index in [-0.39, 0.29) is 6.04 Å². The molecular formula is C19H21N3. The van der Waals surface area contributed by atoms with Crippen LogP contribution in [0.1, 0.15) is 39.8 Å². The number of nitriles is 1. The van der Waals surface area contributed by atoms with Gasteiger partial charge in [0.2, 0.25) is 0 Å². The summed E-state index contributed by atoms with van der Waals surface area (Å²) >= 11 is 0. The average Bonchev–Trinajstić information content (AvgIpc) is 2.55. The van der Waals surface area contributed by atoms with Gasteiger partial charge in [-0.2, -0.15) is 5.26 Å². The number of fused-ring (bicyclic) bond motifs is 1. The molecular weight excluding hydrogens is 270 g/mol. The van der Waals surface area contributed by atoms with Crippen LogP contribution in [0.4, 0.5) is 0 Å². The summed E-state index contributed by atoms with van der Waals surface area (Å²) in [5, 5.41) is 8.97. The molecule has 0 spiro atoms. The van der Waals surface area contributed by atoms with Crippen LogP contribution >= 0.6 is 0 Å². The normalized spacial score (nSPS) is 21.2. The van der Waals surface area contributed by atoms with Gasteiger partial charge < -0.3 is 5.73 Å². The largest absolute Gasteiger partial charge is 0.329 e. The molecule has 0 aliphatic carbocycles. The minimum absolute atomic E-state index is 0.283. The van der Waals surface area contributed by atoms with Crippen molar-refractivity contribution < 1.29 is 0 Å². The van der Waals surface area contributed by atoms with Gasteiger partial charge in [0.05, 0.1) is 11.6 Å². The highest BCUT2D eigenvalue weighted by molar-refractivity contribution is 5.47. The third-order valence-corrected chi connectivity index (χ3v) is 4.73. The maximum Gasteiger partial charge on any atom is 0.0991 e. The Labute approximate surface area is 132 Å². The quantitative estimate of drug-likeness (QED) is 0.925. The molecule has 1 aliphatic rings. The van der Waals surface area contributed by atoms with Crippen molar-refractivity contribution in [2.45, 2.75) is 18.9 Å². The minimum atomic E-state index is 0.283. The van der Waals surface area contributed by atoms with Crippen molar-refractivity contribution in [3.63, 3.8) is 0 Å². The third-order valence-electron chi connectivity index (χ3n) is 4.73. The molecule has 0 aromatic heterocycles. The number of nitrogens with two attached hydrogens (primary N) is 1. The van der Waals surface area contributed by atoms with Crippen LogP contribution in [-0.4, -0.2) is 25.0 Å². The number of hydrogen-bond acceptors (Lipinski definition) is 3. The Kier molecular flexibility index (Phi) is 3.98. The molecule has 112 valence electrons. The molecule has 0 bridgehead atoms. The van der Waals surface area contributed by atoms with Crippen molar-refractivity contribution in [3.05, 3.63) is 70.3 Å². The summed E-state index contributed by atoms with van der Waals surface area (Å²) in [6.07, 6.45) is 0. The van der Waals surface area contributed by atoms with E-state index < -0.39 is 0 Å². The number of nitrogens with zero attached hydrogens (tertiary/aromatic N) is 2. The van der Waals surface area contributed by atoms with Crippen LogP contribution in [0.2, 0.25) is 0 Å². The van der Waals surface area contributed by atoms with Gasteiger partial charge in [0.25, 0.3) is 0 Å². The van der Waals surface area contributed by atoms with E-state index in [1.165, 1.54) is 22.3 Å². The fourth-order valence-electron chi connectivity index (χ4n) is 3.57. The summed E-state index contributed by atoms with van der Waals surface area (Å²) in [4.78, 5) is 2.35. The first-order valence-corrected chi connectivity index (χ1v) is 7.65. The van der Waals surface area contributed by atoms with E-state index >= 15 is 0 Å². The van der Waals surface area contributed by atoms with Gasteiger partial charge in [-0.05, 0) is 48.4 Å². The molecule has 2 unspecified atom stereocenters. The maximum atomic E-state index is 8.97. The van der Waals surface area contributed by atoms with Crippen LogP contribution in [0.25, 0.3) is 0 Å². The molecule has 2 aromatic carbocycles. The summed E-state index contributed by atoms with van der Waals surface area (Å²) in [6, 6.07) is 16.9. The lowest BCUT2D eigenvalue weighted by Gasteiger charge is -2.40. The van der Waals surface area contributed by atoms with Crippen LogP contribution in [0, 0.1) is 18.3 Å². The molecule has 3 rings (SSSR count). The first kappa shape index (κ1) is 14.8. The van der Waals surface area contributed by atoms with Gasteiger partial charge >= 0.3 is 0 Å². The molecule has 0 amide bonds. The zero-order chi connectivity index (χ0) is 15.7. The van der Waals surface area contributed by atoms with E-state index in [0.29, 0.717) is 18.0 Å². The SMILES string of the molecule is Cc1cccc2c1C(CN)N(C)CC2c1ccc(C#N)cc1. The zero-order valence-electron chi connectivity index (χ0n) is 13.1. The van der Waals surface area contributed by atoms with E-state index in [9.17, 15) is 0 Å². The predicted molar refractivity (Wildman–Crippen MR) is 88.6 cm³/mol. The zero-order valence-corrected chi connectivity index (χ0v) is 13.1. The average molecular weight is 291 g/mol. The molecule has 3 heteroatoms. The fraction of sp³-hybridized carbons (Fsp3) is 0.316. The Balaban J connectivity index is 2.10. The molecule has 0 saturated carbocycles. The first-order valence-electron chi connectivity index (χ1n) is 7.65. The molecule has 2 aromatic rings. The van der Waals surface area contributed by atoms with Crippen LogP contribution in [0.5, 0.6) is 0 Å². The Hall–Kier alpha value is -2.15. The van der Waals surface area contributed by atoms with Crippen molar-refractivity contribution in [3.8, 4) is 6.07 Å². The van der Waals surface area contributed by atoms with E-state index in [2.05, 4.69) is 55.3 Å². The van der Waals surface area contributed by atoms with Gasteiger partial charge in [-0.25, -0.2) is 0 Å². The number of rotatable bonds is 2. The second-order valence-corrected chi connectivity index (χ2v) is 6.06. The molecule has 1 aliphatic heterocycles. The van der Waals surface area contributed by atoms with Crippen LogP contribution in [0.3, 0.4) is 0 Å². The van der Waals surface area contributed by atoms with Crippen LogP contribution in [-0.2, 0) is 0 Å². The minimum Gasteiger partial charge on any atom is -0.329 e. The van der Waals surface area contributed by atoms with Crippen molar-refractivity contribution in [2.24, 2.45) is 5.73 Å². The fourth-order valence-corrected chi connectivity index (χ4v) is 3.57. The molecule has 1 heterocycles. The number of hydrogen-bond donors (Lipinski definition) is 1. The van der Waals surface area contributed by atoms with Gasteiger partial charge in [-0.3, -0.25) is 4.90 Å². The molecule has 22 heavy (non-hydrogen) atoms. The van der Waals surface area contributed by atoms with E-state index in [0.717, 1.165) is 6.54 Å². The second kappa shape index (κ2) is 5.92. The maximum absolute atomic E-state index is 8.97. The summed E-state index contributed by atoms with van der Waals surface area (Å²) < 4.78 is 0. The first-order chi connectivity index (χ1) is 10.7. The standard InChI is InChI=1S/C19H21N3/c1-13-4-3-5-16-17(12-22(2)18(11-21)19(13)16)15-8-6-14(10-20)7-9-15/h3-9,17-18H,11-12,21H2,1-2H3. The molecule has 2 atom stereocenters. The molecule has 3 nitrogen and oxygen atoms in total. The van der Waals surface area contributed by atoms with Gasteiger partial charge in [0.15, 0.2) is 0 Å². The van der Waals surface area contributed by atoms with Crippen LogP contribution < -0.4 is 5.73 Å². The van der Waals surface area contributed by atoms with E-state index in [4.69, 9.17) is 11.0 Å². The van der Waals surface area contributed by atoms with Crippen molar-refractivity contribution in [1.29, 1.82) is 5.26 Å². The molecule has 0 radical (unpaired) electrons. The Morgan fingerprint density at radius 2 is 1.95 bits per heavy atom. The number of likely N-dealkylation sites (N-methyl/N-ethyl adjacent to an activating group) is 1. The van der Waals surface area contributed by atoms with Gasteiger partial charge in [-0.1, -0.05) is 30.3 Å². The lowest BCUT2D eigenvalue weighted by atomic mass is 9.79. The summed E-state index contributed by atoms with van der Waals surface area (Å²) in [5.74, 6) is 0.329.